The molecule has 2 aromatic heterocycles. The van der Waals surface area contributed by atoms with Gasteiger partial charge in [0, 0.05) is 11.5 Å². The molecule has 2 heterocycles. The fourth-order valence-corrected chi connectivity index (χ4v) is 3.03. The smallest absolute Gasteiger partial charge is 0.266 e. The van der Waals surface area contributed by atoms with Gasteiger partial charge in [0.25, 0.3) is 5.91 Å². The number of nitrogens with one attached hydrogen (secondary N) is 1. The highest BCUT2D eigenvalue weighted by atomic mass is 79.9. The van der Waals surface area contributed by atoms with Gasteiger partial charge in [-0.15, -0.1) is 11.3 Å². The molecule has 0 spiro atoms. The maximum Gasteiger partial charge on any atom is 0.266 e. The molecule has 0 aliphatic carbocycles. The minimum absolute atomic E-state index is 0.105. The average Bonchev–Trinajstić information content (AvgIpc) is 2.78. The van der Waals surface area contributed by atoms with Crippen molar-refractivity contribution >= 4 is 38.9 Å². The summed E-state index contributed by atoms with van der Waals surface area (Å²) in [5.41, 5.74) is 2.56. The third kappa shape index (κ3) is 2.28. The van der Waals surface area contributed by atoms with Crippen molar-refractivity contribution in [3.05, 3.63) is 32.2 Å². The van der Waals surface area contributed by atoms with E-state index in [1.54, 1.807) is 4.68 Å². The van der Waals surface area contributed by atoms with Crippen LogP contribution in [0.25, 0.3) is 0 Å². The van der Waals surface area contributed by atoms with Crippen LogP contribution < -0.4 is 5.32 Å². The SMILES string of the molecule is Cc1nn(C)c(C)c1NC(=O)c1sccc1Br. The molecular weight excluding hydrogens is 302 g/mol. The quantitative estimate of drug-likeness (QED) is 0.926. The topological polar surface area (TPSA) is 46.9 Å². The maximum atomic E-state index is 12.0. The van der Waals surface area contributed by atoms with Gasteiger partial charge in [0.15, 0.2) is 0 Å². The summed E-state index contributed by atoms with van der Waals surface area (Å²) in [6.07, 6.45) is 0. The van der Waals surface area contributed by atoms with Gasteiger partial charge < -0.3 is 5.32 Å². The Kier molecular flexibility index (Phi) is 3.35. The van der Waals surface area contributed by atoms with Crippen LogP contribution in [0.5, 0.6) is 0 Å². The van der Waals surface area contributed by atoms with Crippen LogP contribution in [0.15, 0.2) is 15.9 Å². The van der Waals surface area contributed by atoms with Crippen LogP contribution in [0.1, 0.15) is 21.1 Å². The van der Waals surface area contributed by atoms with Crippen LogP contribution in [-0.2, 0) is 7.05 Å². The van der Waals surface area contributed by atoms with E-state index in [0.29, 0.717) is 4.88 Å². The first-order valence-corrected chi connectivity index (χ1v) is 6.72. The molecule has 0 aliphatic heterocycles. The Morgan fingerprint density at radius 3 is 2.71 bits per heavy atom. The molecule has 0 atom stereocenters. The molecule has 0 fully saturated rings. The molecule has 0 bridgehead atoms. The van der Waals surface area contributed by atoms with E-state index in [9.17, 15) is 4.79 Å². The number of carbonyl (C=O) groups is 1. The molecule has 0 aromatic carbocycles. The van der Waals surface area contributed by atoms with Crippen LogP contribution in [0.3, 0.4) is 0 Å². The second-order valence-corrected chi connectivity index (χ2v) is 5.49. The van der Waals surface area contributed by atoms with Crippen LogP contribution in [0, 0.1) is 13.8 Å². The Hall–Kier alpha value is -1.14. The molecule has 4 nitrogen and oxygen atoms in total. The first-order chi connectivity index (χ1) is 8.00. The van der Waals surface area contributed by atoms with Gasteiger partial charge in [-0.05, 0) is 41.2 Å². The summed E-state index contributed by atoms with van der Waals surface area (Å²) in [4.78, 5) is 12.7. The van der Waals surface area contributed by atoms with Crippen molar-refractivity contribution in [3.8, 4) is 0 Å². The first-order valence-electron chi connectivity index (χ1n) is 5.05. The number of halogens is 1. The van der Waals surface area contributed by atoms with Gasteiger partial charge in [-0.2, -0.15) is 5.10 Å². The number of thiophene rings is 1. The Bertz CT molecular complexity index is 573. The highest BCUT2D eigenvalue weighted by Gasteiger charge is 2.16. The van der Waals surface area contributed by atoms with E-state index in [0.717, 1.165) is 21.5 Å². The third-order valence-corrected chi connectivity index (χ3v) is 4.41. The van der Waals surface area contributed by atoms with E-state index in [-0.39, 0.29) is 5.91 Å². The predicted octanol–water partition coefficient (Wildman–Crippen LogP) is 3.11. The van der Waals surface area contributed by atoms with Crippen LogP contribution >= 0.6 is 27.3 Å². The van der Waals surface area contributed by atoms with Gasteiger partial charge in [-0.3, -0.25) is 9.48 Å². The summed E-state index contributed by atoms with van der Waals surface area (Å²) in [7, 11) is 1.86. The standard InChI is InChI=1S/C11H12BrN3OS/c1-6-9(7(2)15(3)14-6)13-11(16)10-8(12)4-5-17-10/h4-5H,1-3H3,(H,13,16). The molecule has 1 amide bonds. The minimum Gasteiger partial charge on any atom is -0.318 e. The van der Waals surface area contributed by atoms with Gasteiger partial charge in [-0.1, -0.05) is 0 Å². The maximum absolute atomic E-state index is 12.0. The van der Waals surface area contributed by atoms with Crippen LogP contribution in [-0.4, -0.2) is 15.7 Å². The van der Waals surface area contributed by atoms with E-state index < -0.39 is 0 Å². The Balaban J connectivity index is 2.28. The van der Waals surface area contributed by atoms with E-state index in [4.69, 9.17) is 0 Å². The largest absolute Gasteiger partial charge is 0.318 e. The highest BCUT2D eigenvalue weighted by molar-refractivity contribution is 9.10. The van der Waals surface area contributed by atoms with E-state index in [1.165, 1.54) is 11.3 Å². The summed E-state index contributed by atoms with van der Waals surface area (Å²) in [6, 6.07) is 1.86. The molecule has 0 radical (unpaired) electrons. The molecule has 0 aliphatic rings. The van der Waals surface area contributed by atoms with Crippen molar-refractivity contribution in [2.75, 3.05) is 5.32 Å². The van der Waals surface area contributed by atoms with Crippen molar-refractivity contribution in [3.63, 3.8) is 0 Å². The average molecular weight is 314 g/mol. The number of carbonyl (C=O) groups excluding carboxylic acids is 1. The third-order valence-electron chi connectivity index (χ3n) is 2.57. The van der Waals surface area contributed by atoms with Crippen molar-refractivity contribution in [2.45, 2.75) is 13.8 Å². The molecule has 90 valence electrons. The van der Waals surface area contributed by atoms with Crippen molar-refractivity contribution in [2.24, 2.45) is 7.05 Å². The number of aryl methyl sites for hydroxylation is 2. The molecule has 0 saturated carbocycles. The number of amides is 1. The van der Waals surface area contributed by atoms with E-state index in [2.05, 4.69) is 26.3 Å². The fourth-order valence-electron chi connectivity index (χ4n) is 1.58. The summed E-state index contributed by atoms with van der Waals surface area (Å²) in [5, 5.41) is 9.04. The van der Waals surface area contributed by atoms with E-state index >= 15 is 0 Å². The molecule has 0 saturated heterocycles. The van der Waals surface area contributed by atoms with Gasteiger partial charge in [0.2, 0.25) is 0 Å². The molecule has 0 unspecified atom stereocenters. The number of hydrogen-bond acceptors (Lipinski definition) is 3. The predicted molar refractivity (Wildman–Crippen MR) is 72.7 cm³/mol. The van der Waals surface area contributed by atoms with Gasteiger partial charge in [0.05, 0.1) is 17.1 Å². The summed E-state index contributed by atoms with van der Waals surface area (Å²) in [6.45, 7) is 3.81. The normalized spacial score (nSPS) is 10.6. The number of anilines is 1. The lowest BCUT2D eigenvalue weighted by atomic mass is 10.3. The van der Waals surface area contributed by atoms with Crippen LogP contribution in [0.4, 0.5) is 5.69 Å². The second kappa shape index (κ2) is 4.62. The monoisotopic (exact) mass is 313 g/mol. The number of nitrogens with zero attached hydrogens (tertiary/aromatic N) is 2. The Morgan fingerprint density at radius 2 is 2.24 bits per heavy atom. The molecular formula is C11H12BrN3OS. The molecule has 2 rings (SSSR count). The minimum atomic E-state index is -0.105. The van der Waals surface area contributed by atoms with Gasteiger partial charge in [-0.25, -0.2) is 0 Å². The van der Waals surface area contributed by atoms with Crippen LogP contribution in [0.2, 0.25) is 0 Å². The Labute approximate surface area is 112 Å². The summed E-state index contributed by atoms with van der Waals surface area (Å²) >= 11 is 4.76. The molecule has 17 heavy (non-hydrogen) atoms. The lowest BCUT2D eigenvalue weighted by Crippen LogP contribution is -2.12. The summed E-state index contributed by atoms with van der Waals surface area (Å²) < 4.78 is 2.58. The summed E-state index contributed by atoms with van der Waals surface area (Å²) in [5.74, 6) is -0.105. The number of rotatable bonds is 2. The first kappa shape index (κ1) is 12.3. The zero-order valence-corrected chi connectivity index (χ0v) is 12.1. The zero-order chi connectivity index (χ0) is 12.6. The van der Waals surface area contributed by atoms with E-state index in [1.807, 2.05) is 32.3 Å². The number of hydrogen-bond donors (Lipinski definition) is 1. The van der Waals surface area contributed by atoms with Crippen molar-refractivity contribution in [1.82, 2.24) is 9.78 Å². The molecule has 2 aromatic rings. The number of aromatic nitrogens is 2. The van der Waals surface area contributed by atoms with Crippen molar-refractivity contribution < 1.29 is 4.79 Å². The van der Waals surface area contributed by atoms with Gasteiger partial charge >= 0.3 is 0 Å². The van der Waals surface area contributed by atoms with Crippen molar-refractivity contribution in [1.29, 1.82) is 0 Å². The lowest BCUT2D eigenvalue weighted by Gasteiger charge is -2.04. The molecule has 6 heteroatoms. The zero-order valence-electron chi connectivity index (χ0n) is 9.74. The lowest BCUT2D eigenvalue weighted by molar-refractivity contribution is 0.102. The molecule has 1 N–H and O–H groups in total. The fraction of sp³-hybridized carbons (Fsp3) is 0.273. The Morgan fingerprint density at radius 1 is 1.53 bits per heavy atom. The highest BCUT2D eigenvalue weighted by Crippen LogP contribution is 2.25. The second-order valence-electron chi connectivity index (χ2n) is 3.72. The van der Waals surface area contributed by atoms with Gasteiger partial charge in [0.1, 0.15) is 4.88 Å².